The largest absolute Gasteiger partial charge is 0.497 e. The van der Waals surface area contributed by atoms with Crippen LogP contribution in [0.5, 0.6) is 5.75 Å². The average molecular weight is 432 g/mol. The average Bonchev–Trinajstić information content (AvgIpc) is 3.31. The third-order valence-electron chi connectivity index (χ3n) is 5.27. The Labute approximate surface area is 184 Å². The lowest BCUT2D eigenvalue weighted by molar-refractivity contribution is -0.108. The van der Waals surface area contributed by atoms with E-state index in [4.69, 9.17) is 4.74 Å². The van der Waals surface area contributed by atoms with Crippen molar-refractivity contribution < 1.29 is 23.9 Å². The summed E-state index contributed by atoms with van der Waals surface area (Å²) in [4.78, 5) is 48.7. The molecule has 3 N–H and O–H groups in total. The van der Waals surface area contributed by atoms with Gasteiger partial charge in [-0.1, -0.05) is 17.9 Å². The number of ether oxygens (including phenoxy) is 1. The van der Waals surface area contributed by atoms with Crippen LogP contribution in [0.3, 0.4) is 0 Å². The van der Waals surface area contributed by atoms with E-state index in [1.807, 2.05) is 17.4 Å². The Balaban J connectivity index is 1.54. The first kappa shape index (κ1) is 20.9. The number of imide groups is 1. The minimum Gasteiger partial charge on any atom is -0.497 e. The fourth-order valence-electron chi connectivity index (χ4n) is 3.70. The number of carbonyl (C=O) groups is 4. The van der Waals surface area contributed by atoms with Gasteiger partial charge in [-0.15, -0.1) is 0 Å². The molecule has 1 atom stereocenters. The number of nitrogens with one attached hydrogen (secondary N) is 3. The van der Waals surface area contributed by atoms with Gasteiger partial charge < -0.3 is 20.3 Å². The zero-order valence-corrected chi connectivity index (χ0v) is 17.2. The molecular formula is C23H20N4O5. The van der Waals surface area contributed by atoms with Crippen molar-refractivity contribution >= 4 is 24.3 Å². The van der Waals surface area contributed by atoms with E-state index in [0.717, 1.165) is 11.1 Å². The molecule has 0 fully saturated rings. The van der Waals surface area contributed by atoms with Gasteiger partial charge in [0.2, 0.25) is 6.41 Å². The van der Waals surface area contributed by atoms with Crippen LogP contribution in [-0.2, 0) is 17.9 Å². The van der Waals surface area contributed by atoms with Crippen LogP contribution < -0.4 is 20.7 Å². The molecule has 0 aliphatic carbocycles. The standard InChI is InChI=1S/C23H20N4O5/c1-32-18-6-4-15-11-27(22(30)20(15)9-18)12-17(26-23(31)25-13-28)5-2-14-3-7-19-16(8-14)10-24-21(19)29/h3-4,6-9,13,17H,10-12H2,1H3,(H,24,29)(H2,25,26,28,31)/t17-/m1/s1. The van der Waals surface area contributed by atoms with Gasteiger partial charge in [-0.2, -0.15) is 0 Å². The van der Waals surface area contributed by atoms with E-state index in [2.05, 4.69) is 22.5 Å². The predicted octanol–water partition coefficient (Wildman–Crippen LogP) is 0.770. The highest BCUT2D eigenvalue weighted by Gasteiger charge is 2.29. The van der Waals surface area contributed by atoms with Crippen molar-refractivity contribution in [3.63, 3.8) is 0 Å². The molecule has 2 heterocycles. The maximum Gasteiger partial charge on any atom is 0.322 e. The van der Waals surface area contributed by atoms with Gasteiger partial charge in [0.1, 0.15) is 11.8 Å². The van der Waals surface area contributed by atoms with E-state index in [-0.39, 0.29) is 24.8 Å². The number of urea groups is 1. The summed E-state index contributed by atoms with van der Waals surface area (Å²) in [6.45, 7) is 0.942. The van der Waals surface area contributed by atoms with Crippen LogP contribution in [-0.4, -0.2) is 48.9 Å². The number of methoxy groups -OCH3 is 1. The van der Waals surface area contributed by atoms with Gasteiger partial charge in [0, 0.05) is 29.8 Å². The first-order chi connectivity index (χ1) is 15.5. The molecule has 0 aromatic heterocycles. The Hall–Kier alpha value is -4.32. The summed E-state index contributed by atoms with van der Waals surface area (Å²) < 4.78 is 5.19. The van der Waals surface area contributed by atoms with Gasteiger partial charge >= 0.3 is 6.03 Å². The molecule has 9 nitrogen and oxygen atoms in total. The van der Waals surface area contributed by atoms with Crippen LogP contribution >= 0.6 is 0 Å². The first-order valence-electron chi connectivity index (χ1n) is 9.88. The number of rotatable bonds is 5. The monoisotopic (exact) mass is 432 g/mol. The van der Waals surface area contributed by atoms with Crippen LogP contribution in [0.25, 0.3) is 0 Å². The van der Waals surface area contributed by atoms with Gasteiger partial charge in [-0.3, -0.25) is 19.7 Å². The van der Waals surface area contributed by atoms with Gasteiger partial charge in [-0.05, 0) is 41.5 Å². The first-order valence-corrected chi connectivity index (χ1v) is 9.88. The Bertz CT molecular complexity index is 1180. The van der Waals surface area contributed by atoms with Crippen molar-refractivity contribution in [2.45, 2.75) is 19.1 Å². The highest BCUT2D eigenvalue weighted by Crippen LogP contribution is 2.26. The van der Waals surface area contributed by atoms with E-state index in [1.54, 1.807) is 29.2 Å². The van der Waals surface area contributed by atoms with Crippen LogP contribution in [0.4, 0.5) is 4.79 Å². The minimum atomic E-state index is -0.733. The number of benzene rings is 2. The molecule has 2 aromatic rings. The van der Waals surface area contributed by atoms with E-state index in [0.29, 0.717) is 35.5 Å². The summed E-state index contributed by atoms with van der Waals surface area (Å²) in [5.74, 6) is 6.23. The smallest absolute Gasteiger partial charge is 0.322 e. The summed E-state index contributed by atoms with van der Waals surface area (Å²) in [5.41, 5.74) is 3.54. The molecular weight excluding hydrogens is 412 g/mol. The number of fused-ring (bicyclic) bond motifs is 2. The zero-order valence-electron chi connectivity index (χ0n) is 17.2. The lowest BCUT2D eigenvalue weighted by Gasteiger charge is -2.21. The summed E-state index contributed by atoms with van der Waals surface area (Å²) in [5, 5.41) is 7.37. The molecule has 2 aromatic carbocycles. The van der Waals surface area contributed by atoms with Crippen LogP contribution in [0.1, 0.15) is 37.4 Å². The summed E-state index contributed by atoms with van der Waals surface area (Å²) >= 11 is 0. The van der Waals surface area contributed by atoms with Crippen molar-refractivity contribution in [1.29, 1.82) is 0 Å². The predicted molar refractivity (Wildman–Crippen MR) is 114 cm³/mol. The number of hydrogen-bond acceptors (Lipinski definition) is 5. The lowest BCUT2D eigenvalue weighted by Crippen LogP contribution is -2.46. The number of carbonyl (C=O) groups excluding carboxylic acids is 4. The third-order valence-corrected chi connectivity index (χ3v) is 5.27. The SMILES string of the molecule is COc1ccc2c(c1)C(=O)N(C[C@@H](C#Cc1ccc3c(c1)CNC3=O)NC(=O)NC=O)C2. The van der Waals surface area contributed by atoms with Gasteiger partial charge in [0.15, 0.2) is 0 Å². The normalized spacial score (nSPS) is 14.5. The van der Waals surface area contributed by atoms with Crippen molar-refractivity contribution in [3.8, 4) is 17.6 Å². The molecule has 9 heteroatoms. The van der Waals surface area contributed by atoms with Crippen LogP contribution in [0.15, 0.2) is 36.4 Å². The van der Waals surface area contributed by atoms with E-state index in [1.165, 1.54) is 7.11 Å². The number of amides is 5. The second kappa shape index (κ2) is 8.81. The molecule has 32 heavy (non-hydrogen) atoms. The van der Waals surface area contributed by atoms with E-state index in [9.17, 15) is 19.2 Å². The lowest BCUT2D eigenvalue weighted by atomic mass is 10.1. The topological polar surface area (TPSA) is 117 Å². The summed E-state index contributed by atoms with van der Waals surface area (Å²) in [6.07, 6.45) is 0.271. The Kier molecular flexibility index (Phi) is 5.77. The van der Waals surface area contributed by atoms with Crippen molar-refractivity contribution in [2.24, 2.45) is 0 Å². The molecule has 5 amide bonds. The fraction of sp³-hybridized carbons (Fsp3) is 0.217. The highest BCUT2D eigenvalue weighted by atomic mass is 16.5. The molecule has 0 saturated heterocycles. The number of nitrogens with zero attached hydrogens (tertiary/aromatic N) is 1. The summed E-state index contributed by atoms with van der Waals surface area (Å²) in [6, 6.07) is 9.10. The van der Waals surface area contributed by atoms with Gasteiger partial charge in [0.25, 0.3) is 11.8 Å². The quantitative estimate of drug-likeness (QED) is 0.477. The molecule has 2 aliphatic heterocycles. The molecule has 0 radical (unpaired) electrons. The Morgan fingerprint density at radius 1 is 1.22 bits per heavy atom. The van der Waals surface area contributed by atoms with Crippen molar-refractivity contribution in [1.82, 2.24) is 20.9 Å². The second-order valence-electron chi connectivity index (χ2n) is 7.32. The fourth-order valence-corrected chi connectivity index (χ4v) is 3.70. The highest BCUT2D eigenvalue weighted by molar-refractivity contribution is 5.99. The van der Waals surface area contributed by atoms with Crippen molar-refractivity contribution in [2.75, 3.05) is 13.7 Å². The second-order valence-corrected chi connectivity index (χ2v) is 7.32. The van der Waals surface area contributed by atoms with Gasteiger partial charge in [-0.25, -0.2) is 4.79 Å². The van der Waals surface area contributed by atoms with Crippen molar-refractivity contribution in [3.05, 3.63) is 64.2 Å². The third kappa shape index (κ3) is 4.25. The van der Waals surface area contributed by atoms with E-state index < -0.39 is 12.1 Å². The molecule has 0 saturated carbocycles. The Morgan fingerprint density at radius 3 is 2.84 bits per heavy atom. The molecule has 2 aliphatic rings. The molecule has 0 unspecified atom stereocenters. The molecule has 0 spiro atoms. The molecule has 0 bridgehead atoms. The van der Waals surface area contributed by atoms with Crippen LogP contribution in [0, 0.1) is 11.8 Å². The summed E-state index contributed by atoms with van der Waals surface area (Å²) in [7, 11) is 1.53. The Morgan fingerprint density at radius 2 is 2.06 bits per heavy atom. The maximum atomic E-state index is 12.8. The van der Waals surface area contributed by atoms with Crippen LogP contribution in [0.2, 0.25) is 0 Å². The minimum absolute atomic E-state index is 0.117. The molecule has 4 rings (SSSR count). The maximum absolute atomic E-state index is 12.8. The number of hydrogen-bond donors (Lipinski definition) is 3. The zero-order chi connectivity index (χ0) is 22.7. The van der Waals surface area contributed by atoms with Gasteiger partial charge in [0.05, 0.1) is 13.7 Å². The van der Waals surface area contributed by atoms with E-state index >= 15 is 0 Å². The molecule has 162 valence electrons.